The van der Waals surface area contributed by atoms with Crippen LogP contribution >= 0.6 is 0 Å². The van der Waals surface area contributed by atoms with E-state index in [0.29, 0.717) is 13.1 Å². The second-order valence-corrected chi connectivity index (χ2v) is 6.78. The van der Waals surface area contributed by atoms with E-state index in [0.717, 1.165) is 6.42 Å². The van der Waals surface area contributed by atoms with E-state index in [9.17, 15) is 8.42 Å². The minimum absolute atomic E-state index is 0.108. The van der Waals surface area contributed by atoms with Crippen molar-refractivity contribution in [2.75, 3.05) is 27.2 Å². The highest BCUT2D eigenvalue weighted by Gasteiger charge is 2.34. The summed E-state index contributed by atoms with van der Waals surface area (Å²) in [6.45, 7) is 0.986. The molecule has 0 aromatic heterocycles. The lowest BCUT2D eigenvalue weighted by Gasteiger charge is -2.20. The van der Waals surface area contributed by atoms with E-state index in [1.54, 1.807) is 12.1 Å². The summed E-state index contributed by atoms with van der Waals surface area (Å²) in [4.78, 5) is 2.14. The topological polar surface area (TPSA) is 64.4 Å². The fraction of sp³-hybridized carbons (Fsp3) is 0.462. The van der Waals surface area contributed by atoms with Crippen molar-refractivity contribution in [2.45, 2.75) is 17.4 Å². The molecule has 102 valence electrons. The molecule has 1 saturated heterocycles. The quantitative estimate of drug-likeness (QED) is 0.824. The van der Waals surface area contributed by atoms with Crippen molar-refractivity contribution in [1.29, 1.82) is 5.26 Å². The molecular formula is C13H17N3O2S. The molecule has 1 unspecified atom stereocenters. The molecule has 1 aliphatic heterocycles. The van der Waals surface area contributed by atoms with Crippen LogP contribution in [-0.2, 0) is 10.0 Å². The van der Waals surface area contributed by atoms with Crippen molar-refractivity contribution in [3.8, 4) is 6.07 Å². The number of benzene rings is 1. The lowest BCUT2D eigenvalue weighted by atomic mass is 10.2. The number of hydrogen-bond donors (Lipinski definition) is 0. The van der Waals surface area contributed by atoms with Gasteiger partial charge in [0.15, 0.2) is 0 Å². The first-order chi connectivity index (χ1) is 8.96. The summed E-state index contributed by atoms with van der Waals surface area (Å²) in [5, 5.41) is 9.02. The minimum atomic E-state index is -3.56. The lowest BCUT2D eigenvalue weighted by molar-refractivity contribution is 0.302. The first-order valence-corrected chi connectivity index (χ1v) is 7.56. The van der Waals surface area contributed by atoms with Crippen LogP contribution in [0.4, 0.5) is 0 Å². The number of sulfonamides is 1. The van der Waals surface area contributed by atoms with E-state index in [1.807, 2.05) is 25.1 Å². The Kier molecular flexibility index (Phi) is 3.90. The molecule has 1 heterocycles. The van der Waals surface area contributed by atoms with Gasteiger partial charge in [0.05, 0.1) is 10.5 Å². The zero-order valence-corrected chi connectivity index (χ0v) is 11.9. The third-order valence-corrected chi connectivity index (χ3v) is 5.41. The normalized spacial score (nSPS) is 20.6. The molecule has 1 fully saturated rings. The SMILES string of the molecule is CN(C)C1CCN(S(=O)(=O)c2ccccc2C#N)C1. The molecule has 1 aromatic rings. The molecule has 19 heavy (non-hydrogen) atoms. The highest BCUT2D eigenvalue weighted by molar-refractivity contribution is 7.89. The van der Waals surface area contributed by atoms with Gasteiger partial charge in [-0.05, 0) is 32.6 Å². The Balaban J connectivity index is 2.32. The van der Waals surface area contributed by atoms with E-state index in [4.69, 9.17) is 5.26 Å². The summed E-state index contributed by atoms with van der Waals surface area (Å²) in [6.07, 6.45) is 0.820. The summed E-state index contributed by atoms with van der Waals surface area (Å²) >= 11 is 0. The maximum absolute atomic E-state index is 12.5. The van der Waals surface area contributed by atoms with E-state index >= 15 is 0 Å². The van der Waals surface area contributed by atoms with Gasteiger partial charge in [-0.15, -0.1) is 0 Å². The highest BCUT2D eigenvalue weighted by Crippen LogP contribution is 2.24. The third-order valence-electron chi connectivity index (χ3n) is 3.48. The van der Waals surface area contributed by atoms with Crippen molar-refractivity contribution < 1.29 is 8.42 Å². The van der Waals surface area contributed by atoms with Crippen molar-refractivity contribution in [3.63, 3.8) is 0 Å². The van der Waals surface area contributed by atoms with Gasteiger partial charge in [0, 0.05) is 19.1 Å². The second-order valence-electron chi connectivity index (χ2n) is 4.88. The Labute approximate surface area is 114 Å². The molecule has 6 heteroatoms. The molecule has 1 aromatic carbocycles. The molecule has 0 radical (unpaired) electrons. The van der Waals surface area contributed by atoms with Crippen molar-refractivity contribution in [2.24, 2.45) is 0 Å². The van der Waals surface area contributed by atoms with Crippen LogP contribution in [0.25, 0.3) is 0 Å². The summed E-state index contributed by atoms with van der Waals surface area (Å²) < 4.78 is 26.5. The molecule has 0 amide bonds. The van der Waals surface area contributed by atoms with E-state index in [2.05, 4.69) is 0 Å². The molecule has 0 bridgehead atoms. The highest BCUT2D eigenvalue weighted by atomic mass is 32.2. The summed E-state index contributed by atoms with van der Waals surface area (Å²) in [7, 11) is 0.333. The zero-order chi connectivity index (χ0) is 14.0. The van der Waals surface area contributed by atoms with Crippen LogP contribution < -0.4 is 0 Å². The predicted molar refractivity (Wildman–Crippen MR) is 72.0 cm³/mol. The first-order valence-electron chi connectivity index (χ1n) is 6.12. The maximum Gasteiger partial charge on any atom is 0.244 e. The number of nitriles is 1. The lowest BCUT2D eigenvalue weighted by Crippen LogP contribution is -2.34. The van der Waals surface area contributed by atoms with Crippen LogP contribution in [0.15, 0.2) is 29.2 Å². The van der Waals surface area contributed by atoms with Gasteiger partial charge in [0.1, 0.15) is 6.07 Å². The smallest absolute Gasteiger partial charge is 0.244 e. The van der Waals surface area contributed by atoms with Gasteiger partial charge in [-0.25, -0.2) is 8.42 Å². The average Bonchev–Trinajstić information content (AvgIpc) is 2.89. The molecule has 1 atom stereocenters. The van der Waals surface area contributed by atoms with Gasteiger partial charge >= 0.3 is 0 Å². The Bertz CT molecular complexity index is 605. The van der Waals surface area contributed by atoms with Crippen LogP contribution in [0.2, 0.25) is 0 Å². The molecule has 0 aliphatic carbocycles. The van der Waals surface area contributed by atoms with Gasteiger partial charge in [-0.2, -0.15) is 9.57 Å². The molecule has 5 nitrogen and oxygen atoms in total. The van der Waals surface area contributed by atoms with Gasteiger partial charge in [-0.3, -0.25) is 0 Å². The van der Waals surface area contributed by atoms with Crippen molar-refractivity contribution >= 4 is 10.0 Å². The van der Waals surface area contributed by atoms with Gasteiger partial charge in [0.25, 0.3) is 0 Å². The van der Waals surface area contributed by atoms with Crippen LogP contribution in [0.5, 0.6) is 0 Å². The minimum Gasteiger partial charge on any atom is -0.305 e. The van der Waals surface area contributed by atoms with Gasteiger partial charge < -0.3 is 4.90 Å². The van der Waals surface area contributed by atoms with Crippen LogP contribution in [0, 0.1) is 11.3 Å². The van der Waals surface area contributed by atoms with Crippen LogP contribution in [0.3, 0.4) is 0 Å². The average molecular weight is 279 g/mol. The van der Waals surface area contributed by atoms with Crippen LogP contribution in [0.1, 0.15) is 12.0 Å². The molecule has 0 N–H and O–H groups in total. The molecule has 2 rings (SSSR count). The van der Waals surface area contributed by atoms with E-state index in [-0.39, 0.29) is 16.5 Å². The van der Waals surface area contributed by atoms with E-state index in [1.165, 1.54) is 16.4 Å². The molecule has 1 aliphatic rings. The zero-order valence-electron chi connectivity index (χ0n) is 11.1. The fourth-order valence-electron chi connectivity index (χ4n) is 2.27. The number of rotatable bonds is 3. The summed E-state index contributed by atoms with van der Waals surface area (Å²) in [6, 6.07) is 8.53. The monoisotopic (exact) mass is 279 g/mol. The Morgan fingerprint density at radius 1 is 1.37 bits per heavy atom. The van der Waals surface area contributed by atoms with Gasteiger partial charge in [0.2, 0.25) is 10.0 Å². The third kappa shape index (κ3) is 2.63. The predicted octanol–water partition coefficient (Wildman–Crippen LogP) is 0.883. The standard InChI is InChI=1S/C13H17N3O2S/c1-15(2)12-7-8-16(10-12)19(17,18)13-6-4-3-5-11(13)9-14/h3-6,12H,7-8,10H2,1-2H3. The van der Waals surface area contributed by atoms with E-state index < -0.39 is 10.0 Å². The van der Waals surface area contributed by atoms with Crippen molar-refractivity contribution in [3.05, 3.63) is 29.8 Å². The first kappa shape index (κ1) is 14.0. The number of likely N-dealkylation sites (N-methyl/N-ethyl adjacent to an activating group) is 1. The summed E-state index contributed by atoms with van der Waals surface area (Å²) in [5.74, 6) is 0. The number of hydrogen-bond acceptors (Lipinski definition) is 4. The second kappa shape index (κ2) is 5.29. The maximum atomic E-state index is 12.5. The molecule has 0 spiro atoms. The number of nitrogens with zero attached hydrogens (tertiary/aromatic N) is 3. The van der Waals surface area contributed by atoms with Crippen molar-refractivity contribution in [1.82, 2.24) is 9.21 Å². The molecule has 0 saturated carbocycles. The fourth-order valence-corrected chi connectivity index (χ4v) is 3.91. The van der Waals surface area contributed by atoms with Crippen LogP contribution in [-0.4, -0.2) is 50.8 Å². The molecular weight excluding hydrogens is 262 g/mol. The van der Waals surface area contributed by atoms with Gasteiger partial charge in [-0.1, -0.05) is 12.1 Å². The largest absolute Gasteiger partial charge is 0.305 e. The Morgan fingerprint density at radius 3 is 2.63 bits per heavy atom. The summed E-state index contributed by atoms with van der Waals surface area (Å²) in [5.41, 5.74) is 0.204. The Morgan fingerprint density at radius 2 is 2.05 bits per heavy atom. The Hall–Kier alpha value is -1.42.